The van der Waals surface area contributed by atoms with Crippen molar-refractivity contribution in [3.63, 3.8) is 0 Å². The van der Waals surface area contributed by atoms with Gasteiger partial charge in [0.25, 0.3) is 0 Å². The van der Waals surface area contributed by atoms with Crippen LogP contribution in [0.1, 0.15) is 26.5 Å². The average Bonchev–Trinajstić information content (AvgIpc) is 3.00. The quantitative estimate of drug-likeness (QED) is 0.615. The average molecular weight is 339 g/mol. The molecule has 0 radical (unpaired) electrons. The topological polar surface area (TPSA) is 37.9 Å². The van der Waals surface area contributed by atoms with Crippen LogP contribution in [0.2, 0.25) is 18.1 Å². The van der Waals surface area contributed by atoms with E-state index in [1.807, 2.05) is 6.20 Å². The monoisotopic (exact) mass is 338 g/mol. The van der Waals surface area contributed by atoms with E-state index in [0.717, 1.165) is 17.1 Å². The Kier molecular flexibility index (Phi) is 4.36. The Bertz CT molecular complexity index is 846. The molecule has 0 fully saturated rings. The Morgan fingerprint density at radius 1 is 1.04 bits per heavy atom. The van der Waals surface area contributed by atoms with Crippen molar-refractivity contribution in [1.29, 1.82) is 0 Å². The van der Waals surface area contributed by atoms with Crippen molar-refractivity contribution in [2.24, 2.45) is 0 Å². The summed E-state index contributed by atoms with van der Waals surface area (Å²) in [7, 11) is -1.74. The number of aromatic amines is 1. The van der Waals surface area contributed by atoms with Gasteiger partial charge in [-0.2, -0.15) is 0 Å². The fraction of sp³-hybridized carbons (Fsp3) is 0.350. The van der Waals surface area contributed by atoms with Gasteiger partial charge in [0.2, 0.25) is 0 Å². The number of nitrogens with one attached hydrogen (secondary N) is 1. The predicted octanol–water partition coefficient (Wildman–Crippen LogP) is 5.75. The molecule has 0 spiro atoms. The Hall–Kier alpha value is -1.91. The summed E-state index contributed by atoms with van der Waals surface area (Å²) >= 11 is 0. The number of fused-ring (bicyclic) bond motifs is 1. The minimum Gasteiger partial charge on any atom is -0.411 e. The van der Waals surface area contributed by atoms with Crippen molar-refractivity contribution >= 4 is 19.1 Å². The zero-order chi connectivity index (χ0) is 17.4. The summed E-state index contributed by atoms with van der Waals surface area (Å²) in [5.74, 6) is 0.898. The Morgan fingerprint density at radius 2 is 1.75 bits per heavy atom. The molecule has 0 aliphatic heterocycles. The van der Waals surface area contributed by atoms with Crippen LogP contribution >= 0.6 is 0 Å². The maximum atomic E-state index is 6.27. The largest absolute Gasteiger partial charge is 0.411 e. The van der Waals surface area contributed by atoms with E-state index < -0.39 is 8.32 Å². The van der Waals surface area contributed by atoms with Crippen LogP contribution in [0.15, 0.2) is 48.7 Å². The van der Waals surface area contributed by atoms with E-state index in [9.17, 15) is 0 Å². The van der Waals surface area contributed by atoms with E-state index in [4.69, 9.17) is 4.43 Å². The lowest BCUT2D eigenvalue weighted by Gasteiger charge is -2.35. The normalized spacial score (nSPS) is 12.7. The van der Waals surface area contributed by atoms with E-state index in [1.54, 1.807) is 0 Å². The molecule has 2 aromatic carbocycles. The number of rotatable bonds is 4. The molecule has 3 aromatic rings. The van der Waals surface area contributed by atoms with E-state index in [-0.39, 0.29) is 5.04 Å². The summed E-state index contributed by atoms with van der Waals surface area (Å²) in [6.07, 6.45) is 1.89. The van der Waals surface area contributed by atoms with Gasteiger partial charge in [-0.3, -0.25) is 0 Å². The van der Waals surface area contributed by atoms with Gasteiger partial charge >= 0.3 is 0 Å². The maximum absolute atomic E-state index is 6.27. The summed E-state index contributed by atoms with van der Waals surface area (Å²) in [5, 5.41) is 2.69. The third kappa shape index (κ3) is 3.45. The second kappa shape index (κ2) is 6.19. The minimum atomic E-state index is -1.74. The van der Waals surface area contributed by atoms with Gasteiger partial charge in [-0.25, -0.2) is 4.98 Å². The van der Waals surface area contributed by atoms with E-state index in [0.29, 0.717) is 6.61 Å². The second-order valence-corrected chi connectivity index (χ2v) is 12.7. The van der Waals surface area contributed by atoms with Crippen molar-refractivity contribution in [2.75, 3.05) is 0 Å². The first-order valence-corrected chi connectivity index (χ1v) is 11.3. The molecule has 0 bridgehead atoms. The van der Waals surface area contributed by atoms with Crippen LogP contribution in [0.3, 0.4) is 0 Å². The van der Waals surface area contributed by atoms with Crippen LogP contribution in [0, 0.1) is 0 Å². The Morgan fingerprint density at radius 3 is 2.46 bits per heavy atom. The first-order valence-electron chi connectivity index (χ1n) is 8.43. The molecule has 0 saturated heterocycles. The number of imidazole rings is 1. The smallest absolute Gasteiger partial charge is 0.192 e. The molecule has 126 valence electrons. The van der Waals surface area contributed by atoms with Crippen molar-refractivity contribution < 1.29 is 4.43 Å². The zero-order valence-electron chi connectivity index (χ0n) is 15.2. The summed E-state index contributed by atoms with van der Waals surface area (Å²) in [5.41, 5.74) is 2.13. The lowest BCUT2D eigenvalue weighted by atomic mass is 10.1. The molecule has 4 heteroatoms. The highest BCUT2D eigenvalue weighted by Gasteiger charge is 2.37. The summed E-state index contributed by atoms with van der Waals surface area (Å²) in [6, 6.07) is 14.8. The van der Waals surface area contributed by atoms with Gasteiger partial charge in [-0.1, -0.05) is 57.2 Å². The SMILES string of the molecule is CC(C)(C)[Si](C)(C)OCc1cnc(-c2ccc3ccccc3c2)[nH]1. The fourth-order valence-electron chi connectivity index (χ4n) is 2.39. The Balaban J connectivity index is 1.77. The number of aromatic nitrogens is 2. The molecule has 0 amide bonds. The highest BCUT2D eigenvalue weighted by atomic mass is 28.4. The summed E-state index contributed by atoms with van der Waals surface area (Å²) < 4.78 is 6.27. The van der Waals surface area contributed by atoms with Crippen molar-refractivity contribution in [3.05, 3.63) is 54.4 Å². The maximum Gasteiger partial charge on any atom is 0.192 e. The summed E-state index contributed by atoms with van der Waals surface area (Å²) in [4.78, 5) is 7.94. The van der Waals surface area contributed by atoms with Gasteiger partial charge in [-0.15, -0.1) is 0 Å². The Labute approximate surface area is 145 Å². The molecule has 0 saturated carbocycles. The van der Waals surface area contributed by atoms with Crippen molar-refractivity contribution in [2.45, 2.75) is 45.5 Å². The third-order valence-corrected chi connectivity index (χ3v) is 9.52. The second-order valence-electron chi connectivity index (χ2n) is 7.87. The highest BCUT2D eigenvalue weighted by Crippen LogP contribution is 2.37. The molecule has 1 N–H and O–H groups in total. The molecule has 1 heterocycles. The van der Waals surface area contributed by atoms with Crippen molar-refractivity contribution in [1.82, 2.24) is 9.97 Å². The summed E-state index contributed by atoms with van der Waals surface area (Å²) in [6.45, 7) is 11.9. The highest BCUT2D eigenvalue weighted by molar-refractivity contribution is 6.74. The number of hydrogen-bond acceptors (Lipinski definition) is 2. The molecule has 0 unspecified atom stereocenters. The van der Waals surface area contributed by atoms with Gasteiger partial charge in [0, 0.05) is 5.56 Å². The van der Waals surface area contributed by atoms with Crippen LogP contribution in [-0.2, 0) is 11.0 Å². The van der Waals surface area contributed by atoms with Gasteiger partial charge in [-0.05, 0) is 35.0 Å². The first kappa shape index (κ1) is 16.9. The van der Waals surface area contributed by atoms with Crippen LogP contribution < -0.4 is 0 Å². The molecule has 0 aliphatic rings. The van der Waals surface area contributed by atoms with Crippen LogP contribution in [-0.4, -0.2) is 18.3 Å². The van der Waals surface area contributed by atoms with Crippen molar-refractivity contribution in [3.8, 4) is 11.4 Å². The predicted molar refractivity (Wildman–Crippen MR) is 104 cm³/mol. The van der Waals surface area contributed by atoms with Gasteiger partial charge in [0.1, 0.15) is 5.82 Å². The molecule has 1 aromatic heterocycles. The lowest BCUT2D eigenvalue weighted by molar-refractivity contribution is 0.272. The molecule has 3 nitrogen and oxygen atoms in total. The fourth-order valence-corrected chi connectivity index (χ4v) is 3.34. The third-order valence-electron chi connectivity index (χ3n) is 5.05. The first-order chi connectivity index (χ1) is 11.3. The number of nitrogens with zero attached hydrogens (tertiary/aromatic N) is 1. The van der Waals surface area contributed by atoms with Gasteiger partial charge in [0.05, 0.1) is 18.5 Å². The molecular formula is C20H26N2OSi. The molecule has 0 aliphatic carbocycles. The number of hydrogen-bond donors (Lipinski definition) is 1. The van der Waals surface area contributed by atoms with E-state index in [1.165, 1.54) is 10.8 Å². The van der Waals surface area contributed by atoms with Crippen LogP contribution in [0.4, 0.5) is 0 Å². The van der Waals surface area contributed by atoms with Crippen LogP contribution in [0.25, 0.3) is 22.2 Å². The molecule has 24 heavy (non-hydrogen) atoms. The standard InChI is InChI=1S/C20H26N2OSi/c1-20(2,3)24(4,5)23-14-18-13-21-19(22-18)17-11-10-15-8-6-7-9-16(15)12-17/h6-13H,14H2,1-5H3,(H,21,22). The number of benzene rings is 2. The zero-order valence-corrected chi connectivity index (χ0v) is 16.2. The lowest BCUT2D eigenvalue weighted by Crippen LogP contribution is -2.40. The van der Waals surface area contributed by atoms with E-state index in [2.05, 4.69) is 86.3 Å². The van der Waals surface area contributed by atoms with Gasteiger partial charge < -0.3 is 9.41 Å². The van der Waals surface area contributed by atoms with Gasteiger partial charge in [0.15, 0.2) is 8.32 Å². The number of H-pyrrole nitrogens is 1. The van der Waals surface area contributed by atoms with E-state index >= 15 is 0 Å². The minimum absolute atomic E-state index is 0.216. The van der Waals surface area contributed by atoms with Crippen LogP contribution in [0.5, 0.6) is 0 Å². The molecular weight excluding hydrogens is 312 g/mol. The molecule has 3 rings (SSSR count). The molecule has 0 atom stereocenters.